The van der Waals surface area contributed by atoms with Crippen molar-refractivity contribution in [2.24, 2.45) is 0 Å². The topological polar surface area (TPSA) is 8.17 Å². The second-order valence-electron chi connectivity index (χ2n) is 7.49. The molecule has 2 aromatic carbocycles. The van der Waals surface area contributed by atoms with Crippen LogP contribution in [0.2, 0.25) is 0 Å². The maximum Gasteiger partial charge on any atom is 0.416 e. The highest BCUT2D eigenvalue weighted by atomic mass is 19.4. The van der Waals surface area contributed by atoms with Crippen LogP contribution in [0.5, 0.6) is 0 Å². The first kappa shape index (κ1) is 21.2. The zero-order chi connectivity index (χ0) is 20.9. The molecule has 5 heteroatoms. The van der Waals surface area contributed by atoms with Crippen molar-refractivity contribution in [3.8, 4) is 5.69 Å². The highest BCUT2D eigenvalue weighted by Crippen LogP contribution is 2.30. The zero-order valence-corrected chi connectivity index (χ0v) is 16.8. The minimum Gasteiger partial charge on any atom is -0.317 e. The van der Waals surface area contributed by atoms with Gasteiger partial charge in [0.25, 0.3) is 0 Å². The fourth-order valence-corrected chi connectivity index (χ4v) is 3.58. The van der Waals surface area contributed by atoms with Crippen molar-refractivity contribution in [1.82, 2.24) is 9.47 Å². The van der Waals surface area contributed by atoms with Gasteiger partial charge in [0.15, 0.2) is 0 Å². The summed E-state index contributed by atoms with van der Waals surface area (Å²) in [5, 5.41) is 1.10. The second-order valence-corrected chi connectivity index (χ2v) is 7.49. The number of aryl methyl sites for hydroxylation is 1. The van der Waals surface area contributed by atoms with E-state index in [2.05, 4.69) is 36.7 Å². The van der Waals surface area contributed by atoms with Crippen molar-refractivity contribution < 1.29 is 13.2 Å². The summed E-state index contributed by atoms with van der Waals surface area (Å²) in [6.45, 7) is 5.76. The Labute approximate surface area is 170 Å². The third kappa shape index (κ3) is 5.51. The van der Waals surface area contributed by atoms with Crippen molar-refractivity contribution in [3.05, 3.63) is 78.5 Å². The summed E-state index contributed by atoms with van der Waals surface area (Å²) in [5.41, 5.74) is 2.39. The molecule has 0 bridgehead atoms. The van der Waals surface area contributed by atoms with Crippen LogP contribution in [-0.4, -0.2) is 29.6 Å². The zero-order valence-electron chi connectivity index (χ0n) is 16.8. The van der Waals surface area contributed by atoms with E-state index in [1.54, 1.807) is 0 Å². The van der Waals surface area contributed by atoms with Crippen molar-refractivity contribution >= 4 is 10.9 Å². The maximum absolute atomic E-state index is 12.8. The molecule has 3 aromatic rings. The largest absolute Gasteiger partial charge is 0.416 e. The molecule has 0 aliphatic carbocycles. The number of alkyl halides is 3. The summed E-state index contributed by atoms with van der Waals surface area (Å²) in [5.74, 6) is 0. The molecule has 0 aliphatic rings. The van der Waals surface area contributed by atoms with Crippen molar-refractivity contribution in [2.45, 2.75) is 31.9 Å². The molecule has 2 nitrogen and oxygen atoms in total. The number of halogens is 3. The van der Waals surface area contributed by atoms with E-state index in [0.717, 1.165) is 54.7 Å². The number of likely N-dealkylation sites (N-methyl/N-ethyl adjacent to an activating group) is 1. The fraction of sp³-hybridized carbons (Fsp3) is 0.333. The monoisotopic (exact) mass is 400 g/mol. The second kappa shape index (κ2) is 9.31. The molecule has 0 unspecified atom stereocenters. The number of unbranched alkanes of at least 4 members (excludes halogenated alkanes) is 2. The number of hydrogen-bond acceptors (Lipinski definition) is 1. The molecule has 1 aromatic heterocycles. The standard InChI is InChI=1S/C24H27F3N2/c1-3-15-28(2)16-6-4-5-7-19-8-13-23-20(18-19)14-17-29(23)22-11-9-21(10-12-22)24(25,26)27/h3,8-14,17-18H,1,4-7,15-16H2,2H3. The molecule has 3 rings (SSSR count). The lowest BCUT2D eigenvalue weighted by Gasteiger charge is -2.13. The van der Waals surface area contributed by atoms with Crippen LogP contribution in [0.15, 0.2) is 67.4 Å². The Balaban J connectivity index is 1.62. The quantitative estimate of drug-likeness (QED) is 0.295. The molecule has 0 N–H and O–H groups in total. The average molecular weight is 400 g/mol. The number of aromatic nitrogens is 1. The SMILES string of the molecule is C=CCN(C)CCCCCc1ccc2c(ccn2-c2ccc(C(F)(F)F)cc2)c1. The molecule has 0 radical (unpaired) electrons. The van der Waals surface area contributed by atoms with Gasteiger partial charge in [-0.2, -0.15) is 13.2 Å². The molecule has 0 saturated heterocycles. The minimum absolute atomic E-state index is 0.629. The highest BCUT2D eigenvalue weighted by Gasteiger charge is 2.30. The third-order valence-corrected chi connectivity index (χ3v) is 5.17. The van der Waals surface area contributed by atoms with Crippen LogP contribution in [0.25, 0.3) is 16.6 Å². The van der Waals surface area contributed by atoms with E-state index in [1.165, 1.54) is 30.5 Å². The predicted octanol–water partition coefficient (Wildman–Crippen LogP) is 6.48. The molecule has 29 heavy (non-hydrogen) atoms. The lowest BCUT2D eigenvalue weighted by Crippen LogP contribution is -2.19. The van der Waals surface area contributed by atoms with E-state index >= 15 is 0 Å². The Morgan fingerprint density at radius 3 is 2.45 bits per heavy atom. The average Bonchev–Trinajstić information content (AvgIpc) is 3.10. The van der Waals surface area contributed by atoms with Gasteiger partial charge in [0.05, 0.1) is 11.1 Å². The van der Waals surface area contributed by atoms with Gasteiger partial charge in [-0.05, 0) is 80.9 Å². The van der Waals surface area contributed by atoms with Crippen LogP contribution >= 0.6 is 0 Å². The van der Waals surface area contributed by atoms with Gasteiger partial charge in [0, 0.05) is 23.8 Å². The Kier molecular flexibility index (Phi) is 6.80. The van der Waals surface area contributed by atoms with E-state index in [-0.39, 0.29) is 0 Å². The van der Waals surface area contributed by atoms with E-state index < -0.39 is 11.7 Å². The fourth-order valence-electron chi connectivity index (χ4n) is 3.58. The summed E-state index contributed by atoms with van der Waals surface area (Å²) < 4.78 is 40.2. The van der Waals surface area contributed by atoms with Gasteiger partial charge in [-0.15, -0.1) is 6.58 Å². The highest BCUT2D eigenvalue weighted by molar-refractivity contribution is 5.82. The molecule has 0 aliphatic heterocycles. The molecular formula is C24H27F3N2. The predicted molar refractivity (Wildman–Crippen MR) is 114 cm³/mol. The molecule has 0 spiro atoms. The van der Waals surface area contributed by atoms with Gasteiger partial charge >= 0.3 is 6.18 Å². The van der Waals surface area contributed by atoms with Crippen LogP contribution in [0, 0.1) is 0 Å². The van der Waals surface area contributed by atoms with Crippen molar-refractivity contribution in [1.29, 1.82) is 0 Å². The summed E-state index contributed by atoms with van der Waals surface area (Å²) in [7, 11) is 2.11. The summed E-state index contributed by atoms with van der Waals surface area (Å²) in [4.78, 5) is 2.27. The molecule has 0 fully saturated rings. The normalized spacial score (nSPS) is 12.0. The first-order chi connectivity index (χ1) is 13.9. The Bertz CT molecular complexity index is 939. The van der Waals surface area contributed by atoms with Crippen molar-refractivity contribution in [2.75, 3.05) is 20.1 Å². The number of benzene rings is 2. The summed E-state index contributed by atoms with van der Waals surface area (Å²) >= 11 is 0. The van der Waals surface area contributed by atoms with E-state index in [4.69, 9.17) is 0 Å². The van der Waals surface area contributed by atoms with Gasteiger partial charge in [-0.25, -0.2) is 0 Å². The van der Waals surface area contributed by atoms with Gasteiger partial charge in [-0.1, -0.05) is 18.6 Å². The number of hydrogen-bond donors (Lipinski definition) is 0. The van der Waals surface area contributed by atoms with Crippen LogP contribution < -0.4 is 0 Å². The summed E-state index contributed by atoms with van der Waals surface area (Å²) in [6, 6.07) is 13.6. The van der Waals surface area contributed by atoms with E-state index in [1.807, 2.05) is 22.9 Å². The number of fused-ring (bicyclic) bond motifs is 1. The Morgan fingerprint density at radius 1 is 1.00 bits per heavy atom. The van der Waals surface area contributed by atoms with Gasteiger partial charge in [-0.3, -0.25) is 0 Å². The van der Waals surface area contributed by atoms with E-state index in [9.17, 15) is 13.2 Å². The lowest BCUT2D eigenvalue weighted by molar-refractivity contribution is -0.137. The van der Waals surface area contributed by atoms with Gasteiger partial charge < -0.3 is 9.47 Å². The third-order valence-electron chi connectivity index (χ3n) is 5.17. The lowest BCUT2D eigenvalue weighted by atomic mass is 10.1. The molecular weight excluding hydrogens is 373 g/mol. The van der Waals surface area contributed by atoms with Crippen molar-refractivity contribution in [3.63, 3.8) is 0 Å². The number of rotatable bonds is 9. The van der Waals surface area contributed by atoms with Gasteiger partial charge in [0.1, 0.15) is 0 Å². The van der Waals surface area contributed by atoms with E-state index in [0.29, 0.717) is 0 Å². The Hall–Kier alpha value is -2.53. The minimum atomic E-state index is -4.31. The Morgan fingerprint density at radius 2 is 1.76 bits per heavy atom. The molecule has 0 atom stereocenters. The molecule has 0 saturated carbocycles. The summed E-state index contributed by atoms with van der Waals surface area (Å²) in [6.07, 6.45) is 4.06. The molecule has 0 amide bonds. The first-order valence-electron chi connectivity index (χ1n) is 9.95. The first-order valence-corrected chi connectivity index (χ1v) is 9.95. The number of nitrogens with zero attached hydrogens (tertiary/aromatic N) is 2. The van der Waals surface area contributed by atoms with Crippen LogP contribution in [0.4, 0.5) is 13.2 Å². The smallest absolute Gasteiger partial charge is 0.317 e. The van der Waals surface area contributed by atoms with Gasteiger partial charge in [0.2, 0.25) is 0 Å². The maximum atomic E-state index is 12.8. The molecule has 1 heterocycles. The van der Waals surface area contributed by atoms with Crippen LogP contribution in [0.1, 0.15) is 30.4 Å². The van der Waals surface area contributed by atoms with Crippen LogP contribution in [0.3, 0.4) is 0 Å². The van der Waals surface area contributed by atoms with Crippen LogP contribution in [-0.2, 0) is 12.6 Å². The molecule has 154 valence electrons.